The first-order valence-corrected chi connectivity index (χ1v) is 16.9. The van der Waals surface area contributed by atoms with E-state index in [9.17, 15) is 14.7 Å². The number of rotatable bonds is 9. The maximum Gasteiger partial charge on any atom is 0.330 e. The number of ether oxygens (including phenoxy) is 1. The molecule has 0 unspecified atom stereocenters. The number of thioether (sulfide) groups is 2. The molecular formula is C35H35N7O4S2. The Morgan fingerprint density at radius 2 is 1.48 bits per heavy atom. The fourth-order valence-electron chi connectivity index (χ4n) is 5.44. The molecule has 1 N–H and O–H groups in total. The van der Waals surface area contributed by atoms with E-state index in [2.05, 4.69) is 39.5 Å². The number of hydrogen-bond donors (Lipinski definition) is 1. The third-order valence-electron chi connectivity index (χ3n) is 8.09. The summed E-state index contributed by atoms with van der Waals surface area (Å²) in [5.41, 5.74) is 6.36. The Morgan fingerprint density at radius 1 is 0.771 bits per heavy atom. The van der Waals surface area contributed by atoms with Gasteiger partial charge < -0.3 is 9.84 Å². The van der Waals surface area contributed by atoms with E-state index >= 15 is 0 Å². The van der Waals surface area contributed by atoms with Crippen LogP contribution in [0.2, 0.25) is 0 Å². The van der Waals surface area contributed by atoms with E-state index < -0.39 is 21.4 Å². The van der Waals surface area contributed by atoms with Gasteiger partial charge in [-0.15, -0.1) is 15.3 Å². The minimum atomic E-state index is -1.24. The zero-order valence-electron chi connectivity index (χ0n) is 27.9. The van der Waals surface area contributed by atoms with Crippen molar-refractivity contribution in [3.8, 4) is 17.4 Å². The van der Waals surface area contributed by atoms with Crippen molar-refractivity contribution < 1.29 is 19.4 Å². The number of nitrogens with zero attached hydrogens (tertiary/aromatic N) is 7. The van der Waals surface area contributed by atoms with Gasteiger partial charge in [-0.1, -0.05) is 71.1 Å². The Balaban J connectivity index is 1.38. The van der Waals surface area contributed by atoms with Crippen LogP contribution in [0.25, 0.3) is 33.1 Å². The molecule has 0 aliphatic heterocycles. The number of carbonyl (C=O) groups is 2. The largest absolute Gasteiger partial charge is 0.480 e. The van der Waals surface area contributed by atoms with Crippen LogP contribution in [0.5, 0.6) is 6.01 Å². The highest BCUT2D eigenvalue weighted by Gasteiger charge is 2.37. The first-order chi connectivity index (χ1) is 22.7. The maximum absolute atomic E-state index is 14.0. The van der Waals surface area contributed by atoms with Crippen LogP contribution in [-0.4, -0.2) is 61.1 Å². The van der Waals surface area contributed by atoms with Crippen LogP contribution >= 0.6 is 23.5 Å². The SMILES string of the molecule is Cc1ccc2c(C)cc(C)c(-n3cnnc3SC(C)(C)C(=O)Oc3nnc(SC(C)(C)C(=O)O)n3-c3ccc(C)c4ccccc34)c2n1. The molecule has 0 bridgehead atoms. The lowest BCUT2D eigenvalue weighted by Gasteiger charge is -2.23. The van der Waals surface area contributed by atoms with E-state index in [1.54, 1.807) is 38.6 Å². The predicted molar refractivity (Wildman–Crippen MR) is 188 cm³/mol. The number of carbonyl (C=O) groups excluding carboxylic acids is 1. The summed E-state index contributed by atoms with van der Waals surface area (Å²) in [6.07, 6.45) is 1.62. The Hall–Kier alpha value is -4.75. The van der Waals surface area contributed by atoms with Crippen LogP contribution < -0.4 is 4.74 Å². The van der Waals surface area contributed by atoms with Crippen molar-refractivity contribution >= 4 is 57.1 Å². The van der Waals surface area contributed by atoms with Crippen LogP contribution in [0.3, 0.4) is 0 Å². The Labute approximate surface area is 286 Å². The second-order valence-electron chi connectivity index (χ2n) is 12.7. The molecule has 0 radical (unpaired) electrons. The lowest BCUT2D eigenvalue weighted by molar-refractivity contribution is -0.139. The highest BCUT2D eigenvalue weighted by molar-refractivity contribution is 8.01. The summed E-state index contributed by atoms with van der Waals surface area (Å²) in [5.74, 6) is -1.61. The van der Waals surface area contributed by atoms with Gasteiger partial charge in [0.2, 0.25) is 0 Å². The van der Waals surface area contributed by atoms with Crippen molar-refractivity contribution in [2.45, 2.75) is 75.2 Å². The number of aliphatic carboxylic acids is 1. The molecule has 3 heterocycles. The van der Waals surface area contributed by atoms with Gasteiger partial charge in [-0.05, 0) is 89.6 Å². The average Bonchev–Trinajstić information content (AvgIpc) is 3.63. The third kappa shape index (κ3) is 6.03. The van der Waals surface area contributed by atoms with Crippen LogP contribution in [-0.2, 0) is 9.59 Å². The number of carboxylic acids is 1. The van der Waals surface area contributed by atoms with Crippen molar-refractivity contribution in [2.75, 3.05) is 0 Å². The van der Waals surface area contributed by atoms with E-state index in [0.29, 0.717) is 10.8 Å². The van der Waals surface area contributed by atoms with E-state index in [1.807, 2.05) is 67.8 Å². The van der Waals surface area contributed by atoms with Gasteiger partial charge in [-0.2, -0.15) is 0 Å². The van der Waals surface area contributed by atoms with Crippen molar-refractivity contribution in [3.63, 3.8) is 0 Å². The molecule has 11 nitrogen and oxygen atoms in total. The first kappa shape index (κ1) is 33.2. The molecule has 6 aromatic rings. The van der Waals surface area contributed by atoms with Gasteiger partial charge in [0.25, 0.3) is 0 Å². The van der Waals surface area contributed by atoms with Gasteiger partial charge in [0, 0.05) is 16.5 Å². The Bertz CT molecular complexity index is 2240. The molecule has 0 aliphatic carbocycles. The highest BCUT2D eigenvalue weighted by atomic mass is 32.2. The molecule has 3 aromatic carbocycles. The minimum Gasteiger partial charge on any atom is -0.480 e. The van der Waals surface area contributed by atoms with Crippen LogP contribution in [0.4, 0.5) is 0 Å². The van der Waals surface area contributed by atoms with Gasteiger partial charge in [0.05, 0.1) is 16.9 Å². The Morgan fingerprint density at radius 3 is 2.21 bits per heavy atom. The fraction of sp³-hybridized carbons (Fsp3) is 0.286. The van der Waals surface area contributed by atoms with E-state index in [-0.39, 0.29) is 11.2 Å². The average molecular weight is 682 g/mol. The molecule has 0 amide bonds. The standard InChI is InChI=1S/C35H35N7O4S2/c1-19-13-16-26(25-12-10-9-11-23(19)25)42-31(38-40-33(42)48-34(5,6)29(43)44)46-30(45)35(7,8)47-32-39-36-18-41(32)28-21(3)17-20(2)24-15-14-22(4)37-27(24)28/h9-18H,1-8H3,(H,43,44). The van der Waals surface area contributed by atoms with Crippen molar-refractivity contribution in [1.82, 2.24) is 34.5 Å². The topological polar surface area (TPSA) is 138 Å². The van der Waals surface area contributed by atoms with Gasteiger partial charge in [-0.3, -0.25) is 19.1 Å². The number of esters is 1. The summed E-state index contributed by atoms with van der Waals surface area (Å²) in [6.45, 7) is 14.7. The summed E-state index contributed by atoms with van der Waals surface area (Å²) in [6, 6.07) is 17.8. The van der Waals surface area contributed by atoms with E-state index in [0.717, 1.165) is 61.5 Å². The molecule has 0 saturated carbocycles. The molecule has 6 rings (SSSR count). The van der Waals surface area contributed by atoms with E-state index in [1.165, 1.54) is 11.8 Å². The van der Waals surface area contributed by atoms with Gasteiger partial charge in [0.1, 0.15) is 15.8 Å². The zero-order valence-corrected chi connectivity index (χ0v) is 29.5. The predicted octanol–water partition coefficient (Wildman–Crippen LogP) is 7.21. The monoisotopic (exact) mass is 681 g/mol. The third-order valence-corrected chi connectivity index (χ3v) is 10.4. The van der Waals surface area contributed by atoms with Crippen LogP contribution in [0, 0.1) is 27.7 Å². The van der Waals surface area contributed by atoms with Gasteiger partial charge in [0.15, 0.2) is 10.3 Å². The maximum atomic E-state index is 14.0. The molecule has 13 heteroatoms. The first-order valence-electron chi connectivity index (χ1n) is 15.2. The lowest BCUT2D eigenvalue weighted by atomic mass is 10.0. The second kappa shape index (κ2) is 12.4. The van der Waals surface area contributed by atoms with Gasteiger partial charge in [-0.25, -0.2) is 4.57 Å². The molecule has 3 aromatic heterocycles. The van der Waals surface area contributed by atoms with Crippen molar-refractivity contribution in [2.24, 2.45) is 0 Å². The number of hydrogen-bond acceptors (Lipinski definition) is 10. The molecule has 0 spiro atoms. The number of pyridine rings is 1. The summed E-state index contributed by atoms with van der Waals surface area (Å²) in [5, 5.41) is 30.6. The summed E-state index contributed by atoms with van der Waals surface area (Å²) in [4.78, 5) is 30.9. The zero-order chi connectivity index (χ0) is 34.5. The number of aryl methyl sites for hydroxylation is 4. The fourth-order valence-corrected chi connectivity index (χ4v) is 7.24. The minimum absolute atomic E-state index is 0.0760. The van der Waals surface area contributed by atoms with Gasteiger partial charge >= 0.3 is 17.9 Å². The smallest absolute Gasteiger partial charge is 0.330 e. The molecule has 48 heavy (non-hydrogen) atoms. The normalized spacial score (nSPS) is 12.2. The molecule has 0 fully saturated rings. The second-order valence-corrected chi connectivity index (χ2v) is 15.8. The molecule has 0 saturated heterocycles. The summed E-state index contributed by atoms with van der Waals surface area (Å²) in [7, 11) is 0. The molecule has 0 aliphatic rings. The number of aromatic nitrogens is 7. The highest BCUT2D eigenvalue weighted by Crippen LogP contribution is 2.40. The Kier molecular flexibility index (Phi) is 8.54. The lowest BCUT2D eigenvalue weighted by Crippen LogP contribution is -2.33. The number of benzene rings is 3. The quantitative estimate of drug-likeness (QED) is 0.122. The number of fused-ring (bicyclic) bond motifs is 2. The summed E-state index contributed by atoms with van der Waals surface area (Å²) >= 11 is 2.22. The molecule has 246 valence electrons. The van der Waals surface area contributed by atoms with Crippen molar-refractivity contribution in [3.05, 3.63) is 83.3 Å². The summed E-state index contributed by atoms with van der Waals surface area (Å²) < 4.78 is 7.07. The number of carboxylic acid groups (broad SMARTS) is 1. The molecule has 0 atom stereocenters. The van der Waals surface area contributed by atoms with Crippen molar-refractivity contribution in [1.29, 1.82) is 0 Å². The van der Waals surface area contributed by atoms with Crippen LogP contribution in [0.15, 0.2) is 71.2 Å². The molecular weight excluding hydrogens is 647 g/mol. The van der Waals surface area contributed by atoms with E-state index in [4.69, 9.17) is 9.72 Å². The van der Waals surface area contributed by atoms with Crippen LogP contribution in [0.1, 0.15) is 50.1 Å².